The van der Waals surface area contributed by atoms with E-state index in [1.54, 1.807) is 0 Å². The number of anilines is 1. The molecule has 0 aromatic carbocycles. The molecule has 1 fully saturated rings. The van der Waals surface area contributed by atoms with Crippen molar-refractivity contribution in [3.63, 3.8) is 0 Å². The van der Waals surface area contributed by atoms with Crippen LogP contribution in [-0.2, 0) is 5.41 Å². The lowest BCUT2D eigenvalue weighted by Crippen LogP contribution is -2.24. The summed E-state index contributed by atoms with van der Waals surface area (Å²) in [4.78, 5) is 4.56. The van der Waals surface area contributed by atoms with Gasteiger partial charge in [0.05, 0.1) is 5.69 Å². The molecule has 4 nitrogen and oxygen atoms in total. The van der Waals surface area contributed by atoms with E-state index < -0.39 is 0 Å². The Morgan fingerprint density at radius 1 is 1.36 bits per heavy atom. The number of hydrogen-bond acceptors (Lipinski definition) is 3. The molecule has 1 aliphatic carbocycles. The summed E-state index contributed by atoms with van der Waals surface area (Å²) in [6.45, 7) is 6.28. The number of aromatic nitrogens is 2. The third-order valence-electron chi connectivity index (χ3n) is 2.61. The standard InChI is InChI=1S/C10H18N4/c1-10(2,3)9-13-7(6-4-5-6)8(11)14(9)12/h6H,4-5,11-12H2,1-3H3. The Morgan fingerprint density at radius 2 is 1.93 bits per heavy atom. The van der Waals surface area contributed by atoms with Gasteiger partial charge in [0.2, 0.25) is 0 Å². The summed E-state index contributed by atoms with van der Waals surface area (Å²) in [5, 5.41) is 0. The molecule has 1 aliphatic rings. The van der Waals surface area contributed by atoms with Gasteiger partial charge in [-0.2, -0.15) is 0 Å². The second-order valence-corrected chi connectivity index (χ2v) is 5.10. The molecule has 0 atom stereocenters. The van der Waals surface area contributed by atoms with E-state index in [0.29, 0.717) is 11.7 Å². The predicted octanol–water partition coefficient (Wildman–Crippen LogP) is 1.35. The Hall–Kier alpha value is -1.19. The number of nitrogen functional groups attached to an aromatic ring is 2. The predicted molar refractivity (Wildman–Crippen MR) is 57.5 cm³/mol. The quantitative estimate of drug-likeness (QED) is 0.663. The number of nitrogens with zero attached hydrogens (tertiary/aromatic N) is 2. The maximum absolute atomic E-state index is 5.92. The Kier molecular flexibility index (Phi) is 1.77. The molecule has 0 amide bonds. The fourth-order valence-corrected chi connectivity index (χ4v) is 1.65. The zero-order valence-electron chi connectivity index (χ0n) is 9.04. The molecule has 2 rings (SSSR count). The molecule has 4 N–H and O–H groups in total. The first-order valence-electron chi connectivity index (χ1n) is 5.05. The molecule has 0 bridgehead atoms. The van der Waals surface area contributed by atoms with Crippen LogP contribution in [0.4, 0.5) is 5.82 Å². The lowest BCUT2D eigenvalue weighted by atomic mass is 9.96. The molecular weight excluding hydrogens is 176 g/mol. The van der Waals surface area contributed by atoms with Gasteiger partial charge < -0.3 is 11.6 Å². The van der Waals surface area contributed by atoms with E-state index >= 15 is 0 Å². The highest BCUT2D eigenvalue weighted by molar-refractivity contribution is 5.43. The normalized spacial score (nSPS) is 17.4. The molecular formula is C10H18N4. The highest BCUT2D eigenvalue weighted by Gasteiger charge is 2.32. The third-order valence-corrected chi connectivity index (χ3v) is 2.61. The minimum atomic E-state index is -0.0456. The number of nitrogens with two attached hydrogens (primary N) is 2. The molecule has 0 spiro atoms. The maximum Gasteiger partial charge on any atom is 0.146 e. The summed E-state index contributed by atoms with van der Waals surface area (Å²) in [6, 6.07) is 0. The highest BCUT2D eigenvalue weighted by Crippen LogP contribution is 2.42. The van der Waals surface area contributed by atoms with E-state index in [0.717, 1.165) is 11.5 Å². The summed E-state index contributed by atoms with van der Waals surface area (Å²) in [5.74, 6) is 7.95. The van der Waals surface area contributed by atoms with Crippen molar-refractivity contribution in [2.75, 3.05) is 11.6 Å². The molecule has 4 heteroatoms. The Labute approximate surface area is 84.3 Å². The highest BCUT2D eigenvalue weighted by atomic mass is 15.4. The Morgan fingerprint density at radius 3 is 2.29 bits per heavy atom. The SMILES string of the molecule is CC(C)(C)c1nc(C2CC2)c(N)n1N. The molecule has 0 unspecified atom stereocenters. The monoisotopic (exact) mass is 194 g/mol. The van der Waals surface area contributed by atoms with Crippen LogP contribution in [-0.4, -0.2) is 9.66 Å². The lowest BCUT2D eigenvalue weighted by molar-refractivity contribution is 0.530. The van der Waals surface area contributed by atoms with E-state index in [-0.39, 0.29) is 5.41 Å². The van der Waals surface area contributed by atoms with E-state index in [1.807, 2.05) is 0 Å². The number of imidazole rings is 1. The van der Waals surface area contributed by atoms with E-state index in [9.17, 15) is 0 Å². The average molecular weight is 194 g/mol. The van der Waals surface area contributed by atoms with Crippen LogP contribution in [0.15, 0.2) is 0 Å². The van der Waals surface area contributed by atoms with Crippen molar-refractivity contribution in [1.29, 1.82) is 0 Å². The van der Waals surface area contributed by atoms with Crippen molar-refractivity contribution in [3.8, 4) is 0 Å². The third kappa shape index (κ3) is 1.35. The maximum atomic E-state index is 5.92. The molecule has 0 saturated heterocycles. The molecule has 0 radical (unpaired) electrons. The van der Waals surface area contributed by atoms with Crippen molar-refractivity contribution in [2.45, 2.75) is 44.9 Å². The van der Waals surface area contributed by atoms with Gasteiger partial charge in [-0.3, -0.25) is 0 Å². The fraction of sp³-hybridized carbons (Fsp3) is 0.700. The largest absolute Gasteiger partial charge is 0.382 e. The van der Waals surface area contributed by atoms with Gasteiger partial charge in [-0.15, -0.1) is 0 Å². The smallest absolute Gasteiger partial charge is 0.146 e. The van der Waals surface area contributed by atoms with Gasteiger partial charge in [0.15, 0.2) is 0 Å². The van der Waals surface area contributed by atoms with Crippen LogP contribution in [0.1, 0.15) is 51.0 Å². The second-order valence-electron chi connectivity index (χ2n) is 5.10. The first kappa shape index (κ1) is 9.37. The van der Waals surface area contributed by atoms with Gasteiger partial charge in [0.25, 0.3) is 0 Å². The fourth-order valence-electron chi connectivity index (χ4n) is 1.65. The van der Waals surface area contributed by atoms with Crippen LogP contribution < -0.4 is 11.6 Å². The molecule has 1 aromatic rings. The second kappa shape index (κ2) is 2.65. The van der Waals surface area contributed by atoms with Gasteiger partial charge in [-0.1, -0.05) is 20.8 Å². The van der Waals surface area contributed by atoms with E-state index in [1.165, 1.54) is 17.5 Å². The summed E-state index contributed by atoms with van der Waals surface area (Å²) in [6.07, 6.45) is 2.40. The van der Waals surface area contributed by atoms with E-state index in [4.69, 9.17) is 11.6 Å². The summed E-state index contributed by atoms with van der Waals surface area (Å²) in [7, 11) is 0. The zero-order valence-corrected chi connectivity index (χ0v) is 9.04. The van der Waals surface area contributed by atoms with Crippen LogP contribution in [0, 0.1) is 0 Å². The first-order chi connectivity index (χ1) is 6.41. The van der Waals surface area contributed by atoms with Crippen LogP contribution >= 0.6 is 0 Å². The number of hydrogen-bond donors (Lipinski definition) is 2. The van der Waals surface area contributed by atoms with E-state index in [2.05, 4.69) is 25.8 Å². The number of rotatable bonds is 1. The van der Waals surface area contributed by atoms with Crippen molar-refractivity contribution in [1.82, 2.24) is 9.66 Å². The van der Waals surface area contributed by atoms with Gasteiger partial charge in [0, 0.05) is 11.3 Å². The molecule has 14 heavy (non-hydrogen) atoms. The zero-order chi connectivity index (χ0) is 10.5. The van der Waals surface area contributed by atoms with Crippen LogP contribution in [0.3, 0.4) is 0 Å². The van der Waals surface area contributed by atoms with Crippen molar-refractivity contribution >= 4 is 5.82 Å². The molecule has 1 saturated carbocycles. The van der Waals surface area contributed by atoms with Crippen LogP contribution in [0.5, 0.6) is 0 Å². The van der Waals surface area contributed by atoms with Crippen molar-refractivity contribution < 1.29 is 0 Å². The summed E-state index contributed by atoms with van der Waals surface area (Å²) >= 11 is 0. The van der Waals surface area contributed by atoms with Crippen LogP contribution in [0.25, 0.3) is 0 Å². The first-order valence-corrected chi connectivity index (χ1v) is 5.05. The summed E-state index contributed by atoms with van der Waals surface area (Å²) in [5.41, 5.74) is 6.87. The molecule has 1 aromatic heterocycles. The van der Waals surface area contributed by atoms with Gasteiger partial charge in [-0.05, 0) is 12.8 Å². The summed E-state index contributed by atoms with van der Waals surface area (Å²) < 4.78 is 1.54. The minimum absolute atomic E-state index is 0.0456. The Bertz CT molecular complexity index is 355. The molecule has 0 aliphatic heterocycles. The van der Waals surface area contributed by atoms with Gasteiger partial charge in [0.1, 0.15) is 11.6 Å². The van der Waals surface area contributed by atoms with Crippen molar-refractivity contribution in [2.24, 2.45) is 0 Å². The topological polar surface area (TPSA) is 69.9 Å². The minimum Gasteiger partial charge on any atom is -0.382 e. The van der Waals surface area contributed by atoms with Crippen LogP contribution in [0.2, 0.25) is 0 Å². The Balaban J connectivity index is 2.47. The van der Waals surface area contributed by atoms with Crippen molar-refractivity contribution in [3.05, 3.63) is 11.5 Å². The average Bonchev–Trinajstić information content (AvgIpc) is 2.81. The molecule has 78 valence electrons. The molecule has 1 heterocycles. The van der Waals surface area contributed by atoms with Gasteiger partial charge >= 0.3 is 0 Å². The lowest BCUT2D eigenvalue weighted by Gasteiger charge is -2.17. The van der Waals surface area contributed by atoms with Gasteiger partial charge in [-0.25, -0.2) is 9.66 Å².